The number of aliphatic hydroxyl groups is 1. The summed E-state index contributed by atoms with van der Waals surface area (Å²) in [6, 6.07) is 8.43. The lowest BCUT2D eigenvalue weighted by atomic mass is 10.0. The SMILES string of the molecule is CCc1sc2nc(Cl)nc(N3CCN(CCO)CC3)c2c1-c1ccc(Br)cc1. The molecule has 8 heteroatoms. The van der Waals surface area contributed by atoms with E-state index in [9.17, 15) is 5.11 Å². The molecule has 5 nitrogen and oxygen atoms in total. The summed E-state index contributed by atoms with van der Waals surface area (Å²) in [7, 11) is 0. The van der Waals surface area contributed by atoms with Gasteiger partial charge in [0.15, 0.2) is 0 Å². The maximum absolute atomic E-state index is 9.20. The number of anilines is 1. The number of piperazine rings is 1. The Bertz CT molecular complexity index is 970. The second-order valence-electron chi connectivity index (χ2n) is 6.81. The zero-order chi connectivity index (χ0) is 19.7. The van der Waals surface area contributed by atoms with E-state index in [1.165, 1.54) is 16.0 Å². The first-order valence-electron chi connectivity index (χ1n) is 9.43. The molecule has 1 aliphatic heterocycles. The van der Waals surface area contributed by atoms with Crippen LogP contribution in [0.5, 0.6) is 0 Å². The largest absolute Gasteiger partial charge is 0.395 e. The summed E-state index contributed by atoms with van der Waals surface area (Å²) < 4.78 is 1.06. The van der Waals surface area contributed by atoms with Gasteiger partial charge in [-0.25, -0.2) is 4.98 Å². The van der Waals surface area contributed by atoms with E-state index in [4.69, 9.17) is 11.6 Å². The third-order valence-electron chi connectivity index (χ3n) is 5.12. The fraction of sp³-hybridized carbons (Fsp3) is 0.400. The second kappa shape index (κ2) is 8.63. The lowest BCUT2D eigenvalue weighted by Gasteiger charge is -2.35. The van der Waals surface area contributed by atoms with E-state index in [1.807, 2.05) is 0 Å². The van der Waals surface area contributed by atoms with Crippen molar-refractivity contribution in [3.05, 3.63) is 38.9 Å². The molecule has 1 N–H and O–H groups in total. The molecule has 1 saturated heterocycles. The first kappa shape index (κ1) is 20.0. The molecule has 0 spiro atoms. The minimum absolute atomic E-state index is 0.196. The lowest BCUT2D eigenvalue weighted by molar-refractivity contribution is 0.188. The van der Waals surface area contributed by atoms with Crippen molar-refractivity contribution in [1.29, 1.82) is 0 Å². The van der Waals surface area contributed by atoms with Crippen molar-refractivity contribution in [1.82, 2.24) is 14.9 Å². The molecule has 0 atom stereocenters. The average molecular weight is 482 g/mol. The van der Waals surface area contributed by atoms with E-state index in [0.717, 1.165) is 59.7 Å². The van der Waals surface area contributed by atoms with E-state index >= 15 is 0 Å². The summed E-state index contributed by atoms with van der Waals surface area (Å²) in [4.78, 5) is 16.0. The Morgan fingerprint density at radius 2 is 1.86 bits per heavy atom. The number of hydrogen-bond acceptors (Lipinski definition) is 6. The van der Waals surface area contributed by atoms with Gasteiger partial charge in [-0.15, -0.1) is 11.3 Å². The summed E-state index contributed by atoms with van der Waals surface area (Å²) in [6.07, 6.45) is 0.938. The summed E-state index contributed by atoms with van der Waals surface area (Å²) >= 11 is 11.5. The van der Waals surface area contributed by atoms with Crippen LogP contribution >= 0.6 is 38.9 Å². The first-order valence-corrected chi connectivity index (χ1v) is 11.4. The van der Waals surface area contributed by atoms with Crippen LogP contribution in [-0.2, 0) is 6.42 Å². The molecule has 148 valence electrons. The van der Waals surface area contributed by atoms with Gasteiger partial charge < -0.3 is 10.0 Å². The Labute approximate surface area is 182 Å². The number of β-amino-alcohol motifs (C(OH)–C–C–N with tert-alkyl or cyclic N) is 1. The van der Waals surface area contributed by atoms with Crippen molar-refractivity contribution >= 4 is 54.9 Å². The number of aliphatic hydroxyl groups excluding tert-OH is 1. The molecule has 0 radical (unpaired) electrons. The van der Waals surface area contributed by atoms with Crippen molar-refractivity contribution in [2.45, 2.75) is 13.3 Å². The van der Waals surface area contributed by atoms with Crippen LogP contribution in [0.2, 0.25) is 5.28 Å². The molecule has 1 aromatic carbocycles. The zero-order valence-corrected chi connectivity index (χ0v) is 18.8. The molecular formula is C20H22BrClN4OS. The zero-order valence-electron chi connectivity index (χ0n) is 15.7. The van der Waals surface area contributed by atoms with Gasteiger partial charge in [0.05, 0.1) is 12.0 Å². The third kappa shape index (κ3) is 3.91. The van der Waals surface area contributed by atoms with Crippen molar-refractivity contribution in [3.63, 3.8) is 0 Å². The number of halogens is 2. The number of fused-ring (bicyclic) bond motifs is 1. The standard InChI is InChI=1S/C20H22BrClN4OS/c1-2-15-16(13-3-5-14(21)6-4-13)17-18(23-20(22)24-19(17)28-15)26-9-7-25(8-10-26)11-12-27/h3-6,27H,2,7-12H2,1H3. The summed E-state index contributed by atoms with van der Waals surface area (Å²) in [6.45, 7) is 6.62. The molecule has 28 heavy (non-hydrogen) atoms. The van der Waals surface area contributed by atoms with Crippen molar-refractivity contribution in [2.75, 3.05) is 44.2 Å². The van der Waals surface area contributed by atoms with Gasteiger partial charge in [-0.2, -0.15) is 4.98 Å². The van der Waals surface area contributed by atoms with E-state index in [1.54, 1.807) is 11.3 Å². The number of aryl methyl sites for hydroxylation is 1. The molecule has 0 saturated carbocycles. The molecule has 3 aromatic rings. The van der Waals surface area contributed by atoms with E-state index < -0.39 is 0 Å². The minimum Gasteiger partial charge on any atom is -0.395 e. The van der Waals surface area contributed by atoms with Gasteiger partial charge in [0.1, 0.15) is 10.6 Å². The fourth-order valence-corrected chi connectivity index (χ4v) is 5.33. The van der Waals surface area contributed by atoms with Crippen LogP contribution in [0.25, 0.3) is 21.3 Å². The van der Waals surface area contributed by atoms with Gasteiger partial charge in [-0.05, 0) is 35.7 Å². The first-order chi connectivity index (χ1) is 13.6. The Morgan fingerprint density at radius 1 is 1.14 bits per heavy atom. The van der Waals surface area contributed by atoms with E-state index in [2.05, 4.69) is 66.9 Å². The Morgan fingerprint density at radius 3 is 2.50 bits per heavy atom. The monoisotopic (exact) mass is 480 g/mol. The van der Waals surface area contributed by atoms with Crippen LogP contribution in [0.15, 0.2) is 28.7 Å². The number of aromatic nitrogens is 2. The number of rotatable bonds is 5. The van der Waals surface area contributed by atoms with Gasteiger partial charge in [-0.1, -0.05) is 35.0 Å². The normalized spacial score (nSPS) is 15.5. The highest BCUT2D eigenvalue weighted by Crippen LogP contribution is 2.43. The highest BCUT2D eigenvalue weighted by molar-refractivity contribution is 9.10. The smallest absolute Gasteiger partial charge is 0.225 e. The Hall–Kier alpha value is -1.25. The van der Waals surface area contributed by atoms with Crippen LogP contribution in [-0.4, -0.2) is 59.3 Å². The van der Waals surface area contributed by atoms with Crippen LogP contribution in [0.3, 0.4) is 0 Å². The van der Waals surface area contributed by atoms with Gasteiger partial charge in [0.25, 0.3) is 0 Å². The number of hydrogen-bond donors (Lipinski definition) is 1. The van der Waals surface area contributed by atoms with Crippen molar-refractivity contribution in [3.8, 4) is 11.1 Å². The van der Waals surface area contributed by atoms with E-state index in [-0.39, 0.29) is 6.61 Å². The molecule has 3 heterocycles. The van der Waals surface area contributed by atoms with Gasteiger partial charge in [-0.3, -0.25) is 4.90 Å². The molecule has 1 fully saturated rings. The summed E-state index contributed by atoms with van der Waals surface area (Å²) in [5.41, 5.74) is 2.40. The number of nitrogens with zero attached hydrogens (tertiary/aromatic N) is 4. The van der Waals surface area contributed by atoms with Crippen LogP contribution in [0.4, 0.5) is 5.82 Å². The fourth-order valence-electron chi connectivity index (χ4n) is 3.73. The van der Waals surface area contributed by atoms with Crippen molar-refractivity contribution in [2.24, 2.45) is 0 Å². The summed E-state index contributed by atoms with van der Waals surface area (Å²) in [5, 5.41) is 10.6. The predicted molar refractivity (Wildman–Crippen MR) is 121 cm³/mol. The Kier molecular flexibility index (Phi) is 6.18. The van der Waals surface area contributed by atoms with Gasteiger partial charge in [0, 0.05) is 47.6 Å². The van der Waals surface area contributed by atoms with Crippen LogP contribution < -0.4 is 4.90 Å². The van der Waals surface area contributed by atoms with Crippen LogP contribution in [0, 0.1) is 0 Å². The maximum Gasteiger partial charge on any atom is 0.225 e. The molecule has 2 aromatic heterocycles. The predicted octanol–water partition coefficient (Wildman–Crippen LogP) is 4.45. The number of benzene rings is 1. The molecule has 0 amide bonds. The second-order valence-corrected chi connectivity index (χ2v) is 9.15. The van der Waals surface area contributed by atoms with Gasteiger partial charge >= 0.3 is 0 Å². The molecular weight excluding hydrogens is 460 g/mol. The topological polar surface area (TPSA) is 52.5 Å². The number of thiophene rings is 1. The highest BCUT2D eigenvalue weighted by Gasteiger charge is 2.25. The van der Waals surface area contributed by atoms with Crippen LogP contribution in [0.1, 0.15) is 11.8 Å². The molecule has 1 aliphatic rings. The third-order valence-corrected chi connectivity index (χ3v) is 7.05. The van der Waals surface area contributed by atoms with Crippen molar-refractivity contribution < 1.29 is 5.11 Å². The maximum atomic E-state index is 9.20. The lowest BCUT2D eigenvalue weighted by Crippen LogP contribution is -2.47. The van der Waals surface area contributed by atoms with Gasteiger partial charge in [0.2, 0.25) is 5.28 Å². The Balaban J connectivity index is 1.82. The molecule has 0 bridgehead atoms. The minimum atomic E-state index is 0.196. The molecule has 4 rings (SSSR count). The molecule has 0 aliphatic carbocycles. The molecule has 0 unspecified atom stereocenters. The quantitative estimate of drug-likeness (QED) is 0.546. The average Bonchev–Trinajstić information content (AvgIpc) is 3.07. The van der Waals surface area contributed by atoms with E-state index in [0.29, 0.717) is 5.28 Å². The highest BCUT2D eigenvalue weighted by atomic mass is 79.9. The summed E-state index contributed by atoms with van der Waals surface area (Å²) in [5.74, 6) is 0.924.